The van der Waals surface area contributed by atoms with E-state index >= 15 is 0 Å². The number of hydrogen-bond acceptors (Lipinski definition) is 2. The first-order valence-electron chi connectivity index (χ1n) is 5.67. The second-order valence-electron chi connectivity index (χ2n) is 4.35. The number of urea groups is 1. The van der Waals surface area contributed by atoms with Crippen LogP contribution in [0, 0.1) is 0 Å². The fourth-order valence-corrected chi connectivity index (χ4v) is 2.02. The number of rotatable bonds is 3. The Bertz CT molecular complexity index is 424. The highest BCUT2D eigenvalue weighted by molar-refractivity contribution is 5.72. The third kappa shape index (κ3) is 2.31. The van der Waals surface area contributed by atoms with Crippen LogP contribution in [0.15, 0.2) is 36.4 Å². The molecule has 1 aliphatic rings. The van der Waals surface area contributed by atoms with Gasteiger partial charge in [0.15, 0.2) is 0 Å². The highest BCUT2D eigenvalue weighted by Crippen LogP contribution is 2.38. The van der Waals surface area contributed by atoms with Crippen LogP contribution in [-0.4, -0.2) is 21.8 Å². The molecule has 17 heavy (non-hydrogen) atoms. The Kier molecular flexibility index (Phi) is 3.15. The summed E-state index contributed by atoms with van der Waals surface area (Å²) in [4.78, 5) is 11.0. The van der Waals surface area contributed by atoms with Gasteiger partial charge in [-0.3, -0.25) is 5.21 Å². The highest BCUT2D eigenvalue weighted by Gasteiger charge is 2.42. The zero-order valence-corrected chi connectivity index (χ0v) is 9.54. The molecule has 0 atom stereocenters. The van der Waals surface area contributed by atoms with E-state index in [1.165, 1.54) is 0 Å². The van der Waals surface area contributed by atoms with E-state index in [9.17, 15) is 10.0 Å². The monoisotopic (exact) mass is 232 g/mol. The maximum Gasteiger partial charge on any atom is 0.339 e. The van der Waals surface area contributed by atoms with E-state index in [2.05, 4.69) is 0 Å². The minimum absolute atomic E-state index is 0.609. The van der Waals surface area contributed by atoms with Crippen molar-refractivity contribution >= 4 is 12.1 Å². The van der Waals surface area contributed by atoms with Crippen LogP contribution in [0.3, 0.4) is 0 Å². The summed E-state index contributed by atoms with van der Waals surface area (Å²) in [6.07, 6.45) is 6.25. The van der Waals surface area contributed by atoms with Gasteiger partial charge in [-0.05, 0) is 24.8 Å². The molecule has 0 unspecified atom stereocenters. The van der Waals surface area contributed by atoms with Crippen molar-refractivity contribution in [2.75, 3.05) is 0 Å². The Labute approximate surface area is 100 Å². The van der Waals surface area contributed by atoms with Crippen molar-refractivity contribution in [3.63, 3.8) is 0 Å². The maximum atomic E-state index is 11.0. The second kappa shape index (κ2) is 4.59. The summed E-state index contributed by atoms with van der Waals surface area (Å²) >= 11 is 0. The lowest BCUT2D eigenvalue weighted by atomic mass is 9.76. The van der Waals surface area contributed by atoms with E-state index in [0.29, 0.717) is 5.06 Å². The first-order valence-corrected chi connectivity index (χ1v) is 5.67. The summed E-state index contributed by atoms with van der Waals surface area (Å²) in [5, 5.41) is 10.3. The number of carbonyl (C=O) groups is 1. The van der Waals surface area contributed by atoms with E-state index in [0.717, 1.165) is 24.8 Å². The van der Waals surface area contributed by atoms with Gasteiger partial charge in [-0.1, -0.05) is 42.5 Å². The predicted molar refractivity (Wildman–Crippen MR) is 65.3 cm³/mol. The number of primary amides is 1. The average molecular weight is 232 g/mol. The summed E-state index contributed by atoms with van der Waals surface area (Å²) in [6.45, 7) is 0. The summed E-state index contributed by atoms with van der Waals surface area (Å²) in [5.74, 6) is 0. The summed E-state index contributed by atoms with van der Waals surface area (Å²) < 4.78 is 0. The Morgan fingerprint density at radius 1 is 1.35 bits per heavy atom. The molecule has 1 saturated carbocycles. The maximum absolute atomic E-state index is 11.0. The number of hydrogen-bond donors (Lipinski definition) is 2. The average Bonchev–Trinajstić information content (AvgIpc) is 2.28. The van der Waals surface area contributed by atoms with E-state index in [-0.39, 0.29) is 0 Å². The number of carbonyl (C=O) groups excluding carboxylic acids is 1. The smallest absolute Gasteiger partial charge is 0.339 e. The lowest BCUT2D eigenvalue weighted by Gasteiger charge is -2.43. The minimum atomic E-state index is -0.803. The van der Waals surface area contributed by atoms with Crippen LogP contribution in [0.1, 0.15) is 24.8 Å². The molecule has 1 aliphatic carbocycles. The summed E-state index contributed by atoms with van der Waals surface area (Å²) in [5.41, 5.74) is 5.53. The van der Waals surface area contributed by atoms with Crippen LogP contribution >= 0.6 is 0 Å². The van der Waals surface area contributed by atoms with Gasteiger partial charge in [0.05, 0.1) is 5.54 Å². The molecule has 0 aromatic heterocycles. The summed E-state index contributed by atoms with van der Waals surface area (Å²) in [7, 11) is 0. The molecule has 3 N–H and O–H groups in total. The van der Waals surface area contributed by atoms with Crippen LogP contribution < -0.4 is 5.73 Å². The molecular formula is C13H16N2O2. The first-order chi connectivity index (χ1) is 8.14. The van der Waals surface area contributed by atoms with Gasteiger partial charge >= 0.3 is 6.03 Å². The Balaban J connectivity index is 2.15. The van der Waals surface area contributed by atoms with Crippen molar-refractivity contribution in [2.24, 2.45) is 5.73 Å². The van der Waals surface area contributed by atoms with Gasteiger partial charge in [-0.25, -0.2) is 4.79 Å². The standard InChI is InChI=1S/C13H16N2O2/c14-12(16)15(17)13(8-4-9-13)10-7-11-5-2-1-3-6-11/h1-3,5-7,10,17H,4,8-9H2,(H2,14,16)/b10-7-. The highest BCUT2D eigenvalue weighted by atomic mass is 16.5. The SMILES string of the molecule is NC(=O)N(O)C1(/C=C\c2ccccc2)CCC1. The van der Waals surface area contributed by atoms with Gasteiger partial charge < -0.3 is 5.73 Å². The molecule has 0 bridgehead atoms. The molecule has 0 radical (unpaired) electrons. The Hall–Kier alpha value is -1.81. The van der Waals surface area contributed by atoms with Crippen molar-refractivity contribution in [3.05, 3.63) is 42.0 Å². The third-order valence-corrected chi connectivity index (χ3v) is 3.24. The van der Waals surface area contributed by atoms with Crippen LogP contribution in [0.5, 0.6) is 0 Å². The largest absolute Gasteiger partial charge is 0.350 e. The van der Waals surface area contributed by atoms with Crippen molar-refractivity contribution in [3.8, 4) is 0 Å². The first kappa shape index (κ1) is 11.7. The number of nitrogens with zero attached hydrogens (tertiary/aromatic N) is 1. The fourth-order valence-electron chi connectivity index (χ4n) is 2.02. The van der Waals surface area contributed by atoms with Gasteiger partial charge in [-0.2, -0.15) is 5.06 Å². The van der Waals surface area contributed by atoms with Crippen LogP contribution in [0.2, 0.25) is 0 Å². The van der Waals surface area contributed by atoms with Crippen molar-refractivity contribution in [1.82, 2.24) is 5.06 Å². The molecule has 4 nitrogen and oxygen atoms in total. The van der Waals surface area contributed by atoms with Crippen molar-refractivity contribution in [1.29, 1.82) is 0 Å². The van der Waals surface area contributed by atoms with Gasteiger partial charge in [-0.15, -0.1) is 0 Å². The zero-order chi connectivity index (χ0) is 12.3. The number of hydroxylamine groups is 2. The van der Waals surface area contributed by atoms with Gasteiger partial charge in [0, 0.05) is 0 Å². The number of benzene rings is 1. The molecule has 1 fully saturated rings. The van der Waals surface area contributed by atoms with Crippen LogP contribution in [0.25, 0.3) is 6.08 Å². The van der Waals surface area contributed by atoms with Crippen LogP contribution in [-0.2, 0) is 0 Å². The van der Waals surface area contributed by atoms with Gasteiger partial charge in [0.25, 0.3) is 0 Å². The third-order valence-electron chi connectivity index (χ3n) is 3.24. The quantitative estimate of drug-likeness (QED) is 0.620. The molecule has 4 heteroatoms. The molecule has 0 heterocycles. The predicted octanol–water partition coefficient (Wildman–Crippen LogP) is 2.39. The van der Waals surface area contributed by atoms with Crippen LogP contribution in [0.4, 0.5) is 4.79 Å². The number of nitrogens with two attached hydrogens (primary N) is 1. The van der Waals surface area contributed by atoms with E-state index in [1.807, 2.05) is 42.5 Å². The van der Waals surface area contributed by atoms with E-state index in [4.69, 9.17) is 5.73 Å². The molecule has 1 aromatic rings. The normalized spacial score (nSPS) is 17.7. The number of amides is 2. The zero-order valence-electron chi connectivity index (χ0n) is 9.54. The molecule has 90 valence electrons. The molecule has 0 aliphatic heterocycles. The van der Waals surface area contributed by atoms with Gasteiger partial charge in [0.1, 0.15) is 0 Å². The molecule has 0 saturated heterocycles. The topological polar surface area (TPSA) is 66.6 Å². The minimum Gasteiger partial charge on any atom is -0.350 e. The molecule has 2 rings (SSSR count). The lowest BCUT2D eigenvalue weighted by molar-refractivity contribution is -0.132. The Morgan fingerprint density at radius 3 is 2.47 bits per heavy atom. The second-order valence-corrected chi connectivity index (χ2v) is 4.35. The van der Waals surface area contributed by atoms with E-state index < -0.39 is 11.6 Å². The fraction of sp³-hybridized carbons (Fsp3) is 0.308. The van der Waals surface area contributed by atoms with Crippen molar-refractivity contribution < 1.29 is 10.0 Å². The summed E-state index contributed by atoms with van der Waals surface area (Å²) in [6, 6.07) is 8.96. The lowest BCUT2D eigenvalue weighted by Crippen LogP contribution is -2.55. The Morgan fingerprint density at radius 2 is 2.00 bits per heavy atom. The van der Waals surface area contributed by atoms with E-state index in [1.54, 1.807) is 0 Å². The molecule has 2 amide bonds. The van der Waals surface area contributed by atoms with Crippen molar-refractivity contribution in [2.45, 2.75) is 24.8 Å². The molecule has 0 spiro atoms. The van der Waals surface area contributed by atoms with Gasteiger partial charge in [0.2, 0.25) is 0 Å². The molecule has 1 aromatic carbocycles. The molecular weight excluding hydrogens is 216 g/mol.